The lowest BCUT2D eigenvalue weighted by Gasteiger charge is -2.25. The zero-order valence-electron chi connectivity index (χ0n) is 12.3. The van der Waals surface area contributed by atoms with Crippen molar-refractivity contribution in [2.24, 2.45) is 12.5 Å². The highest BCUT2D eigenvalue weighted by atomic mass is 16.3. The van der Waals surface area contributed by atoms with Crippen LogP contribution in [0, 0.1) is 5.41 Å². The minimum Gasteiger partial charge on any atom is -0.391 e. The van der Waals surface area contributed by atoms with Crippen LogP contribution in [0.1, 0.15) is 33.4 Å². The zero-order chi connectivity index (χ0) is 14.6. The predicted molar refractivity (Wildman–Crippen MR) is 75.1 cm³/mol. The Labute approximate surface area is 114 Å². The molecule has 0 spiro atoms. The van der Waals surface area contributed by atoms with Gasteiger partial charge in [-0.2, -0.15) is 5.10 Å². The number of hydrogen-bond donors (Lipinski definition) is 3. The van der Waals surface area contributed by atoms with Gasteiger partial charge in [0.2, 0.25) is 0 Å². The van der Waals surface area contributed by atoms with E-state index in [0.29, 0.717) is 5.82 Å². The largest absolute Gasteiger partial charge is 0.391 e. The Kier molecular flexibility index (Phi) is 4.94. The lowest BCUT2D eigenvalue weighted by Crippen LogP contribution is -2.41. The quantitative estimate of drug-likeness (QED) is 0.774. The number of nitrogens with zero attached hydrogens (tertiary/aromatic N) is 2. The number of aromatic nitrogens is 2. The maximum Gasteiger partial charge on any atom is 0.320 e. The van der Waals surface area contributed by atoms with Crippen LogP contribution in [0.15, 0.2) is 6.07 Å². The van der Waals surface area contributed by atoms with E-state index in [4.69, 9.17) is 0 Å². The number of aryl methyl sites for hydroxylation is 2. The molecule has 1 atom stereocenters. The van der Waals surface area contributed by atoms with Gasteiger partial charge < -0.3 is 10.4 Å². The van der Waals surface area contributed by atoms with Crippen molar-refractivity contribution in [3.8, 4) is 0 Å². The molecule has 108 valence electrons. The average Bonchev–Trinajstić information content (AvgIpc) is 2.66. The summed E-state index contributed by atoms with van der Waals surface area (Å²) >= 11 is 0. The summed E-state index contributed by atoms with van der Waals surface area (Å²) in [5, 5.41) is 19.4. The van der Waals surface area contributed by atoms with Gasteiger partial charge in [-0.15, -0.1) is 0 Å². The van der Waals surface area contributed by atoms with E-state index in [1.54, 1.807) is 11.7 Å². The van der Waals surface area contributed by atoms with Gasteiger partial charge in [-0.25, -0.2) is 4.79 Å². The second-order valence-electron chi connectivity index (χ2n) is 5.71. The third-order valence-corrected chi connectivity index (χ3v) is 2.99. The van der Waals surface area contributed by atoms with E-state index < -0.39 is 6.10 Å². The molecule has 0 radical (unpaired) electrons. The molecule has 6 heteroatoms. The van der Waals surface area contributed by atoms with Crippen molar-refractivity contribution in [2.75, 3.05) is 11.9 Å². The van der Waals surface area contributed by atoms with Gasteiger partial charge in [0.15, 0.2) is 0 Å². The second-order valence-corrected chi connectivity index (χ2v) is 5.71. The van der Waals surface area contributed by atoms with Gasteiger partial charge in [0.25, 0.3) is 0 Å². The third-order valence-electron chi connectivity index (χ3n) is 2.99. The molecule has 3 N–H and O–H groups in total. The van der Waals surface area contributed by atoms with Crippen molar-refractivity contribution < 1.29 is 9.90 Å². The normalized spacial score (nSPS) is 13.2. The van der Waals surface area contributed by atoms with Crippen LogP contribution in [0.4, 0.5) is 10.6 Å². The summed E-state index contributed by atoms with van der Waals surface area (Å²) in [4.78, 5) is 11.7. The first kappa shape index (κ1) is 15.5. The standard InChI is InChI=1S/C13H24N4O2/c1-6-9-7-11(17(5)16-9)15-12(19)14-8-10(18)13(2,3)4/h7,10,18H,6,8H2,1-5H3,(H2,14,15,19). The molecule has 1 aromatic heterocycles. The molecule has 0 saturated heterocycles. The maximum absolute atomic E-state index is 11.7. The molecule has 0 saturated carbocycles. The highest BCUT2D eigenvalue weighted by Gasteiger charge is 2.22. The molecule has 0 aliphatic carbocycles. The van der Waals surface area contributed by atoms with Crippen LogP contribution in [0.3, 0.4) is 0 Å². The second kappa shape index (κ2) is 6.06. The minimum atomic E-state index is -0.587. The molecule has 19 heavy (non-hydrogen) atoms. The number of carbonyl (C=O) groups excluding carboxylic acids is 1. The molecule has 6 nitrogen and oxygen atoms in total. The van der Waals surface area contributed by atoms with E-state index in [1.807, 2.05) is 33.8 Å². The van der Waals surface area contributed by atoms with Gasteiger partial charge in [0, 0.05) is 19.7 Å². The number of carbonyl (C=O) groups is 1. The number of aliphatic hydroxyl groups excluding tert-OH is 1. The van der Waals surface area contributed by atoms with Crippen LogP contribution in [-0.2, 0) is 13.5 Å². The van der Waals surface area contributed by atoms with Gasteiger partial charge in [0.1, 0.15) is 5.82 Å². The Bertz CT molecular complexity index is 434. The first-order valence-electron chi connectivity index (χ1n) is 6.50. The van der Waals surface area contributed by atoms with Gasteiger partial charge in [0.05, 0.1) is 11.8 Å². The molecule has 0 bridgehead atoms. The molecule has 1 rings (SSSR count). The fourth-order valence-electron chi connectivity index (χ4n) is 1.47. The predicted octanol–water partition coefficient (Wildman–Crippen LogP) is 1.51. The number of anilines is 1. The van der Waals surface area contributed by atoms with Crippen LogP contribution in [-0.4, -0.2) is 33.6 Å². The van der Waals surface area contributed by atoms with Crippen molar-refractivity contribution in [2.45, 2.75) is 40.2 Å². The van der Waals surface area contributed by atoms with Crippen molar-refractivity contribution in [1.82, 2.24) is 15.1 Å². The lowest BCUT2D eigenvalue weighted by atomic mass is 9.89. The molecule has 1 aromatic rings. The Morgan fingerprint density at radius 2 is 2.16 bits per heavy atom. The van der Waals surface area contributed by atoms with Crippen LogP contribution >= 0.6 is 0 Å². The smallest absolute Gasteiger partial charge is 0.320 e. The first-order valence-corrected chi connectivity index (χ1v) is 6.50. The summed E-state index contributed by atoms with van der Waals surface area (Å²) in [6.45, 7) is 7.99. The van der Waals surface area contributed by atoms with Gasteiger partial charge >= 0.3 is 6.03 Å². The molecule has 2 amide bonds. The number of amides is 2. The fraction of sp³-hybridized carbons (Fsp3) is 0.692. The van der Waals surface area contributed by atoms with E-state index in [2.05, 4.69) is 15.7 Å². The Hall–Kier alpha value is -1.56. The van der Waals surface area contributed by atoms with Crippen molar-refractivity contribution in [3.05, 3.63) is 11.8 Å². The molecule has 0 aromatic carbocycles. The Morgan fingerprint density at radius 3 is 2.63 bits per heavy atom. The number of hydrogen-bond acceptors (Lipinski definition) is 3. The van der Waals surface area contributed by atoms with E-state index >= 15 is 0 Å². The van der Waals surface area contributed by atoms with Crippen molar-refractivity contribution >= 4 is 11.8 Å². The molecule has 0 aliphatic rings. The summed E-state index contributed by atoms with van der Waals surface area (Å²) in [5.41, 5.74) is 0.669. The van der Waals surface area contributed by atoms with Gasteiger partial charge in [-0.05, 0) is 11.8 Å². The monoisotopic (exact) mass is 268 g/mol. The van der Waals surface area contributed by atoms with Crippen molar-refractivity contribution in [3.63, 3.8) is 0 Å². The third kappa shape index (κ3) is 4.55. The molecular formula is C13H24N4O2. The topological polar surface area (TPSA) is 79.2 Å². The van der Waals surface area contributed by atoms with Gasteiger partial charge in [-0.3, -0.25) is 10.00 Å². The van der Waals surface area contributed by atoms with E-state index in [1.165, 1.54) is 0 Å². The van der Waals surface area contributed by atoms with E-state index in [9.17, 15) is 9.90 Å². The molecule has 1 heterocycles. The lowest BCUT2D eigenvalue weighted by molar-refractivity contribution is 0.0654. The van der Waals surface area contributed by atoms with Crippen LogP contribution in [0.5, 0.6) is 0 Å². The Balaban J connectivity index is 2.49. The average molecular weight is 268 g/mol. The van der Waals surface area contributed by atoms with Crippen LogP contribution < -0.4 is 10.6 Å². The summed E-state index contributed by atoms with van der Waals surface area (Å²) in [7, 11) is 1.78. The minimum absolute atomic E-state index is 0.216. The summed E-state index contributed by atoms with van der Waals surface area (Å²) in [5.74, 6) is 0.639. The number of urea groups is 1. The number of nitrogens with one attached hydrogen (secondary N) is 2. The summed E-state index contributed by atoms with van der Waals surface area (Å²) in [6.07, 6.45) is 0.232. The zero-order valence-corrected chi connectivity index (χ0v) is 12.3. The Morgan fingerprint density at radius 1 is 1.53 bits per heavy atom. The number of aliphatic hydroxyl groups is 1. The highest BCUT2D eigenvalue weighted by Crippen LogP contribution is 2.18. The van der Waals surface area contributed by atoms with Crippen molar-refractivity contribution in [1.29, 1.82) is 0 Å². The first-order chi connectivity index (χ1) is 8.74. The number of rotatable bonds is 4. The SMILES string of the molecule is CCc1cc(NC(=O)NCC(O)C(C)(C)C)n(C)n1. The highest BCUT2D eigenvalue weighted by molar-refractivity contribution is 5.88. The summed E-state index contributed by atoms with van der Waals surface area (Å²) < 4.78 is 1.62. The van der Waals surface area contributed by atoms with Crippen LogP contribution in [0.25, 0.3) is 0 Å². The van der Waals surface area contributed by atoms with Crippen LogP contribution in [0.2, 0.25) is 0 Å². The van der Waals surface area contributed by atoms with Gasteiger partial charge in [-0.1, -0.05) is 27.7 Å². The molecular weight excluding hydrogens is 244 g/mol. The summed E-state index contributed by atoms with van der Waals surface area (Å²) in [6, 6.07) is 1.49. The molecule has 0 fully saturated rings. The van der Waals surface area contributed by atoms with E-state index in [-0.39, 0.29) is 18.0 Å². The van der Waals surface area contributed by atoms with E-state index in [0.717, 1.165) is 12.1 Å². The molecule has 0 aliphatic heterocycles. The maximum atomic E-state index is 11.7. The fourth-order valence-corrected chi connectivity index (χ4v) is 1.47. The molecule has 1 unspecified atom stereocenters.